The first-order chi connectivity index (χ1) is 11.5. The van der Waals surface area contributed by atoms with Crippen LogP contribution in [0.1, 0.15) is 39.4 Å². The number of hydrogen-bond acceptors (Lipinski definition) is 4. The zero-order valence-corrected chi connectivity index (χ0v) is 13.3. The number of hydrogen-bond donors (Lipinski definition) is 1. The first kappa shape index (κ1) is 16.1. The van der Waals surface area contributed by atoms with E-state index in [1.54, 1.807) is 4.90 Å². The van der Waals surface area contributed by atoms with Crippen molar-refractivity contribution in [1.29, 1.82) is 0 Å². The molecule has 1 aromatic heterocycles. The van der Waals surface area contributed by atoms with Crippen LogP contribution in [-0.4, -0.2) is 46.1 Å². The van der Waals surface area contributed by atoms with Crippen LogP contribution in [0.15, 0.2) is 48.7 Å². The van der Waals surface area contributed by atoms with Crippen LogP contribution in [-0.2, 0) is 4.74 Å². The van der Waals surface area contributed by atoms with Crippen molar-refractivity contribution in [2.24, 2.45) is 0 Å². The minimum Gasteiger partial charge on any atom is -0.477 e. The van der Waals surface area contributed by atoms with E-state index in [4.69, 9.17) is 9.84 Å². The summed E-state index contributed by atoms with van der Waals surface area (Å²) in [6.45, 7) is 2.87. The van der Waals surface area contributed by atoms with Crippen LogP contribution in [0.4, 0.5) is 0 Å². The Bertz CT molecular complexity index is 730. The van der Waals surface area contributed by atoms with Crippen molar-refractivity contribution in [2.45, 2.75) is 19.1 Å². The van der Waals surface area contributed by atoms with Crippen molar-refractivity contribution in [1.82, 2.24) is 9.88 Å². The lowest BCUT2D eigenvalue weighted by molar-refractivity contribution is -0.0691. The fourth-order valence-corrected chi connectivity index (χ4v) is 2.80. The van der Waals surface area contributed by atoms with E-state index < -0.39 is 5.97 Å². The molecule has 0 aliphatic carbocycles. The summed E-state index contributed by atoms with van der Waals surface area (Å²) in [7, 11) is 0. The third-order valence-electron chi connectivity index (χ3n) is 3.95. The maximum atomic E-state index is 12.7. The molecule has 1 fully saturated rings. The second kappa shape index (κ2) is 6.80. The fourth-order valence-electron chi connectivity index (χ4n) is 2.80. The Kier molecular flexibility index (Phi) is 4.57. The van der Waals surface area contributed by atoms with Crippen molar-refractivity contribution in [3.8, 4) is 0 Å². The number of carbonyl (C=O) groups excluding carboxylic acids is 1. The van der Waals surface area contributed by atoms with Gasteiger partial charge in [-0.3, -0.25) is 4.79 Å². The molecule has 1 amide bonds. The molecule has 2 heterocycles. The van der Waals surface area contributed by atoms with E-state index in [1.807, 2.05) is 37.3 Å². The molecule has 1 aliphatic rings. The molecule has 3 rings (SSSR count). The summed E-state index contributed by atoms with van der Waals surface area (Å²) >= 11 is 0. The predicted octanol–water partition coefficient (Wildman–Crippen LogP) is 2.38. The lowest BCUT2D eigenvalue weighted by Gasteiger charge is -2.37. The molecule has 24 heavy (non-hydrogen) atoms. The number of pyridine rings is 1. The zero-order valence-electron chi connectivity index (χ0n) is 13.3. The van der Waals surface area contributed by atoms with Crippen LogP contribution in [0.2, 0.25) is 0 Å². The number of ether oxygens (including phenoxy) is 1. The van der Waals surface area contributed by atoms with Gasteiger partial charge in [-0.25, -0.2) is 9.78 Å². The number of rotatable bonds is 3. The van der Waals surface area contributed by atoms with Crippen LogP contribution in [0.25, 0.3) is 0 Å². The Morgan fingerprint density at radius 3 is 2.54 bits per heavy atom. The van der Waals surface area contributed by atoms with E-state index in [0.717, 1.165) is 5.56 Å². The van der Waals surface area contributed by atoms with E-state index in [0.29, 0.717) is 18.7 Å². The van der Waals surface area contributed by atoms with E-state index in [1.165, 1.54) is 18.3 Å². The molecule has 0 saturated carbocycles. The normalized spacial score (nSPS) is 20.6. The summed E-state index contributed by atoms with van der Waals surface area (Å²) in [5.74, 6) is -1.28. The summed E-state index contributed by atoms with van der Waals surface area (Å²) in [4.78, 5) is 29.1. The first-order valence-corrected chi connectivity index (χ1v) is 7.73. The lowest BCUT2D eigenvalue weighted by Crippen LogP contribution is -2.46. The fraction of sp³-hybridized carbons (Fsp3) is 0.278. The standard InChI is InChI=1S/C18H18N2O4/c1-12-10-20(11-16(24-12)13-5-3-2-4-6-13)17(21)14-7-8-15(18(22)23)19-9-14/h2-9,12,16H,10-11H2,1H3,(H,22,23)/t12-,16+/m0/s1. The molecule has 1 N–H and O–H groups in total. The largest absolute Gasteiger partial charge is 0.477 e. The van der Waals surface area contributed by atoms with Crippen LogP contribution < -0.4 is 0 Å². The average molecular weight is 326 g/mol. The molecule has 2 atom stereocenters. The Labute approximate surface area is 139 Å². The predicted molar refractivity (Wildman–Crippen MR) is 86.8 cm³/mol. The number of nitrogens with zero attached hydrogens (tertiary/aromatic N) is 2. The Hall–Kier alpha value is -2.73. The number of benzene rings is 1. The van der Waals surface area contributed by atoms with Gasteiger partial charge in [0.15, 0.2) is 0 Å². The maximum Gasteiger partial charge on any atom is 0.354 e. The van der Waals surface area contributed by atoms with Crippen molar-refractivity contribution in [3.05, 3.63) is 65.5 Å². The van der Waals surface area contributed by atoms with Gasteiger partial charge in [0.05, 0.1) is 18.2 Å². The highest BCUT2D eigenvalue weighted by atomic mass is 16.5. The molecule has 1 aliphatic heterocycles. The summed E-state index contributed by atoms with van der Waals surface area (Å²) < 4.78 is 5.95. The summed E-state index contributed by atoms with van der Waals surface area (Å²) in [6, 6.07) is 12.6. The number of carboxylic acid groups (broad SMARTS) is 1. The molecule has 1 aromatic carbocycles. The minimum absolute atomic E-state index is 0.0796. The Balaban J connectivity index is 1.77. The molecule has 0 unspecified atom stereocenters. The second-order valence-corrected chi connectivity index (χ2v) is 5.79. The number of amides is 1. The van der Waals surface area contributed by atoms with Crippen LogP contribution in [0.3, 0.4) is 0 Å². The monoisotopic (exact) mass is 326 g/mol. The molecule has 0 bridgehead atoms. The number of carboxylic acids is 1. The van der Waals surface area contributed by atoms with Gasteiger partial charge in [-0.15, -0.1) is 0 Å². The molecular weight excluding hydrogens is 308 g/mol. The van der Waals surface area contributed by atoms with Gasteiger partial charge in [0.2, 0.25) is 0 Å². The zero-order chi connectivity index (χ0) is 17.1. The third-order valence-corrected chi connectivity index (χ3v) is 3.95. The van der Waals surface area contributed by atoms with Gasteiger partial charge in [-0.05, 0) is 24.6 Å². The van der Waals surface area contributed by atoms with Crippen LogP contribution in [0, 0.1) is 0 Å². The number of carbonyl (C=O) groups is 2. The molecule has 1 saturated heterocycles. The maximum absolute atomic E-state index is 12.7. The highest BCUT2D eigenvalue weighted by Gasteiger charge is 2.30. The average Bonchev–Trinajstić information content (AvgIpc) is 2.61. The van der Waals surface area contributed by atoms with E-state index in [-0.39, 0.29) is 23.8 Å². The molecule has 6 heteroatoms. The van der Waals surface area contributed by atoms with Gasteiger partial charge in [0.1, 0.15) is 11.8 Å². The molecular formula is C18H18N2O4. The first-order valence-electron chi connectivity index (χ1n) is 7.73. The third kappa shape index (κ3) is 3.44. The molecule has 0 spiro atoms. The van der Waals surface area contributed by atoms with Crippen molar-refractivity contribution in [2.75, 3.05) is 13.1 Å². The van der Waals surface area contributed by atoms with E-state index >= 15 is 0 Å². The summed E-state index contributed by atoms with van der Waals surface area (Å²) in [5.41, 5.74) is 1.33. The van der Waals surface area contributed by atoms with E-state index in [2.05, 4.69) is 4.98 Å². The van der Waals surface area contributed by atoms with Crippen molar-refractivity contribution >= 4 is 11.9 Å². The smallest absolute Gasteiger partial charge is 0.354 e. The van der Waals surface area contributed by atoms with Gasteiger partial charge >= 0.3 is 5.97 Å². The number of morpholine rings is 1. The van der Waals surface area contributed by atoms with Crippen LogP contribution >= 0.6 is 0 Å². The van der Waals surface area contributed by atoms with Gasteiger partial charge in [0.25, 0.3) is 5.91 Å². The molecule has 6 nitrogen and oxygen atoms in total. The number of aromatic nitrogens is 1. The molecule has 0 radical (unpaired) electrons. The van der Waals surface area contributed by atoms with Crippen molar-refractivity contribution < 1.29 is 19.4 Å². The molecule has 124 valence electrons. The van der Waals surface area contributed by atoms with Crippen LogP contribution in [0.5, 0.6) is 0 Å². The highest BCUT2D eigenvalue weighted by Crippen LogP contribution is 2.26. The Morgan fingerprint density at radius 1 is 1.17 bits per heavy atom. The second-order valence-electron chi connectivity index (χ2n) is 5.79. The minimum atomic E-state index is -1.11. The quantitative estimate of drug-likeness (QED) is 0.937. The summed E-state index contributed by atoms with van der Waals surface area (Å²) in [5, 5.41) is 8.88. The highest BCUT2D eigenvalue weighted by molar-refractivity contribution is 5.95. The van der Waals surface area contributed by atoms with E-state index in [9.17, 15) is 9.59 Å². The number of aromatic carboxylic acids is 1. The van der Waals surface area contributed by atoms with Crippen molar-refractivity contribution in [3.63, 3.8) is 0 Å². The Morgan fingerprint density at radius 2 is 1.92 bits per heavy atom. The van der Waals surface area contributed by atoms with Gasteiger partial charge < -0.3 is 14.7 Å². The lowest BCUT2D eigenvalue weighted by atomic mass is 10.1. The SMILES string of the molecule is C[C@H]1CN(C(=O)c2ccc(C(=O)O)nc2)C[C@H](c2ccccc2)O1. The molecule has 2 aromatic rings. The van der Waals surface area contributed by atoms with Gasteiger partial charge in [0, 0.05) is 12.7 Å². The summed E-state index contributed by atoms with van der Waals surface area (Å²) in [6.07, 6.45) is 1.05. The van der Waals surface area contributed by atoms with Gasteiger partial charge in [-0.2, -0.15) is 0 Å². The van der Waals surface area contributed by atoms with Gasteiger partial charge in [-0.1, -0.05) is 30.3 Å². The topological polar surface area (TPSA) is 79.7 Å².